The number of carboxylic acid groups (broad SMARTS) is 2. The van der Waals surface area contributed by atoms with Crippen LogP contribution < -0.4 is 0 Å². The van der Waals surface area contributed by atoms with Gasteiger partial charge in [0.25, 0.3) is 0 Å². The summed E-state index contributed by atoms with van der Waals surface area (Å²) in [6, 6.07) is 3.82. The predicted molar refractivity (Wildman–Crippen MR) is 53.1 cm³/mol. The molecule has 0 unspecified atom stereocenters. The quantitative estimate of drug-likeness (QED) is 0.770. The standard InChI is InChI=1S/C9H6N4O4/c14-8(15)6-2-1-5(3-7(6)9(16)17)13-4-10-11-12-13/h1-4H,(H,14,15)(H,16,17). The highest BCUT2D eigenvalue weighted by molar-refractivity contribution is 6.02. The van der Waals surface area contributed by atoms with Crippen molar-refractivity contribution in [3.63, 3.8) is 0 Å². The Morgan fingerprint density at radius 2 is 1.82 bits per heavy atom. The maximum absolute atomic E-state index is 10.9. The van der Waals surface area contributed by atoms with Crippen LogP contribution >= 0.6 is 0 Å². The second-order valence-electron chi connectivity index (χ2n) is 3.09. The summed E-state index contributed by atoms with van der Waals surface area (Å²) in [6.45, 7) is 0. The van der Waals surface area contributed by atoms with Gasteiger partial charge in [0.2, 0.25) is 0 Å². The first kappa shape index (κ1) is 10.7. The van der Waals surface area contributed by atoms with Crippen molar-refractivity contribution in [2.24, 2.45) is 0 Å². The summed E-state index contributed by atoms with van der Waals surface area (Å²) in [5.74, 6) is -2.62. The zero-order valence-electron chi connectivity index (χ0n) is 8.31. The lowest BCUT2D eigenvalue weighted by Crippen LogP contribution is -2.09. The first-order chi connectivity index (χ1) is 8.09. The first-order valence-electron chi connectivity index (χ1n) is 4.43. The zero-order valence-corrected chi connectivity index (χ0v) is 8.31. The fourth-order valence-corrected chi connectivity index (χ4v) is 1.32. The minimum atomic E-state index is -1.32. The Hall–Kier alpha value is -2.77. The molecular formula is C9H6N4O4. The van der Waals surface area contributed by atoms with Crippen LogP contribution in [0.5, 0.6) is 0 Å². The van der Waals surface area contributed by atoms with Gasteiger partial charge in [0.05, 0.1) is 16.8 Å². The van der Waals surface area contributed by atoms with Gasteiger partial charge in [-0.15, -0.1) is 5.10 Å². The highest BCUT2D eigenvalue weighted by atomic mass is 16.4. The molecule has 17 heavy (non-hydrogen) atoms. The summed E-state index contributed by atoms with van der Waals surface area (Å²) < 4.78 is 1.23. The van der Waals surface area contributed by atoms with E-state index in [4.69, 9.17) is 10.2 Å². The maximum atomic E-state index is 10.9. The molecule has 8 nitrogen and oxygen atoms in total. The maximum Gasteiger partial charge on any atom is 0.336 e. The molecule has 0 fully saturated rings. The Morgan fingerprint density at radius 1 is 1.12 bits per heavy atom. The van der Waals surface area contributed by atoms with Crippen LogP contribution in [-0.4, -0.2) is 42.4 Å². The van der Waals surface area contributed by atoms with Crippen molar-refractivity contribution in [3.05, 3.63) is 35.7 Å². The number of carbonyl (C=O) groups is 2. The van der Waals surface area contributed by atoms with E-state index in [1.165, 1.54) is 29.2 Å². The Labute approximate surface area is 94.1 Å². The van der Waals surface area contributed by atoms with Crippen molar-refractivity contribution < 1.29 is 19.8 Å². The van der Waals surface area contributed by atoms with Gasteiger partial charge in [0.1, 0.15) is 6.33 Å². The lowest BCUT2D eigenvalue weighted by molar-refractivity contribution is 0.0651. The fraction of sp³-hybridized carbons (Fsp3) is 0. The number of hydrogen-bond acceptors (Lipinski definition) is 5. The van der Waals surface area contributed by atoms with Gasteiger partial charge in [-0.25, -0.2) is 14.3 Å². The molecule has 1 aromatic carbocycles. The van der Waals surface area contributed by atoms with E-state index in [2.05, 4.69) is 15.5 Å². The van der Waals surface area contributed by atoms with Crippen molar-refractivity contribution in [3.8, 4) is 5.69 Å². The zero-order chi connectivity index (χ0) is 12.4. The molecule has 2 N–H and O–H groups in total. The highest BCUT2D eigenvalue weighted by Gasteiger charge is 2.16. The third-order valence-electron chi connectivity index (χ3n) is 2.08. The number of aromatic nitrogens is 4. The van der Waals surface area contributed by atoms with Crippen LogP contribution in [0.2, 0.25) is 0 Å². The summed E-state index contributed by atoms with van der Waals surface area (Å²) in [6.07, 6.45) is 1.28. The van der Waals surface area contributed by atoms with Gasteiger partial charge in [-0.05, 0) is 28.6 Å². The molecule has 0 atom stereocenters. The van der Waals surface area contributed by atoms with E-state index in [-0.39, 0.29) is 11.1 Å². The number of rotatable bonds is 3. The fourth-order valence-electron chi connectivity index (χ4n) is 1.32. The number of benzene rings is 1. The Kier molecular flexibility index (Phi) is 2.53. The van der Waals surface area contributed by atoms with Crippen LogP contribution in [-0.2, 0) is 0 Å². The average Bonchev–Trinajstić information content (AvgIpc) is 2.81. The first-order valence-corrected chi connectivity index (χ1v) is 4.43. The molecule has 1 heterocycles. The number of carboxylic acids is 2. The molecule has 86 valence electrons. The molecule has 0 aliphatic carbocycles. The number of hydrogen-bond donors (Lipinski definition) is 2. The lowest BCUT2D eigenvalue weighted by atomic mass is 10.1. The Morgan fingerprint density at radius 3 is 2.35 bits per heavy atom. The topological polar surface area (TPSA) is 118 Å². The number of aromatic carboxylic acids is 2. The van der Waals surface area contributed by atoms with E-state index in [1.807, 2.05) is 0 Å². The van der Waals surface area contributed by atoms with E-state index in [0.29, 0.717) is 5.69 Å². The number of nitrogens with zero attached hydrogens (tertiary/aromatic N) is 4. The smallest absolute Gasteiger partial charge is 0.336 e. The van der Waals surface area contributed by atoms with Crippen molar-refractivity contribution in [1.82, 2.24) is 20.2 Å². The minimum absolute atomic E-state index is 0.283. The van der Waals surface area contributed by atoms with Gasteiger partial charge in [-0.2, -0.15) is 0 Å². The van der Waals surface area contributed by atoms with Crippen LogP contribution in [0.1, 0.15) is 20.7 Å². The molecule has 2 rings (SSSR count). The number of tetrazole rings is 1. The summed E-state index contributed by atoms with van der Waals surface area (Å²) in [5, 5.41) is 28.1. The summed E-state index contributed by atoms with van der Waals surface area (Å²) >= 11 is 0. The van der Waals surface area contributed by atoms with Gasteiger partial charge in [-0.1, -0.05) is 0 Å². The molecule has 0 aliphatic rings. The van der Waals surface area contributed by atoms with Gasteiger partial charge in [0, 0.05) is 0 Å². The van der Waals surface area contributed by atoms with E-state index in [1.54, 1.807) is 0 Å². The van der Waals surface area contributed by atoms with Crippen molar-refractivity contribution in [2.75, 3.05) is 0 Å². The van der Waals surface area contributed by atoms with Crippen LogP contribution in [0.25, 0.3) is 5.69 Å². The molecule has 0 radical (unpaired) electrons. The third-order valence-corrected chi connectivity index (χ3v) is 2.08. The summed E-state index contributed by atoms with van der Waals surface area (Å²) in [5.41, 5.74) is -0.225. The van der Waals surface area contributed by atoms with Crippen molar-refractivity contribution in [1.29, 1.82) is 0 Å². The van der Waals surface area contributed by atoms with E-state index in [0.717, 1.165) is 0 Å². The normalized spacial score (nSPS) is 10.1. The molecule has 0 spiro atoms. The van der Waals surface area contributed by atoms with E-state index in [9.17, 15) is 9.59 Å². The van der Waals surface area contributed by atoms with Gasteiger partial charge < -0.3 is 10.2 Å². The molecule has 0 bridgehead atoms. The molecule has 0 saturated heterocycles. The minimum Gasteiger partial charge on any atom is -0.478 e. The highest BCUT2D eigenvalue weighted by Crippen LogP contribution is 2.14. The Bertz CT molecular complexity index is 579. The molecule has 8 heteroatoms. The van der Waals surface area contributed by atoms with Crippen LogP contribution in [0.4, 0.5) is 0 Å². The molecule has 0 amide bonds. The molecule has 1 aromatic heterocycles. The third kappa shape index (κ3) is 1.95. The lowest BCUT2D eigenvalue weighted by Gasteiger charge is -2.04. The van der Waals surface area contributed by atoms with Crippen LogP contribution in [0, 0.1) is 0 Å². The Balaban J connectivity index is 2.57. The molecular weight excluding hydrogens is 228 g/mol. The average molecular weight is 234 g/mol. The van der Waals surface area contributed by atoms with Gasteiger partial charge >= 0.3 is 11.9 Å². The van der Waals surface area contributed by atoms with Gasteiger partial charge in [-0.3, -0.25) is 0 Å². The van der Waals surface area contributed by atoms with Crippen LogP contribution in [0.3, 0.4) is 0 Å². The largest absolute Gasteiger partial charge is 0.478 e. The van der Waals surface area contributed by atoms with E-state index < -0.39 is 11.9 Å². The molecule has 0 aliphatic heterocycles. The second-order valence-corrected chi connectivity index (χ2v) is 3.09. The molecule has 0 saturated carbocycles. The predicted octanol–water partition coefficient (Wildman–Crippen LogP) is 0.0587. The van der Waals surface area contributed by atoms with Crippen molar-refractivity contribution >= 4 is 11.9 Å². The monoisotopic (exact) mass is 234 g/mol. The van der Waals surface area contributed by atoms with Crippen LogP contribution in [0.15, 0.2) is 24.5 Å². The second kappa shape index (κ2) is 4.00. The molecule has 2 aromatic rings. The summed E-state index contributed by atoms with van der Waals surface area (Å²) in [4.78, 5) is 21.7. The van der Waals surface area contributed by atoms with E-state index >= 15 is 0 Å². The SMILES string of the molecule is O=C(O)c1ccc(-n2cnnn2)cc1C(=O)O. The summed E-state index contributed by atoms with van der Waals surface area (Å²) in [7, 11) is 0. The van der Waals surface area contributed by atoms with Crippen molar-refractivity contribution in [2.45, 2.75) is 0 Å². The van der Waals surface area contributed by atoms with Gasteiger partial charge in [0.15, 0.2) is 0 Å².